The van der Waals surface area contributed by atoms with Crippen molar-refractivity contribution >= 4 is 21.6 Å². The summed E-state index contributed by atoms with van der Waals surface area (Å²) in [5.41, 5.74) is 1.12. The molecule has 1 amide bonds. The Morgan fingerprint density at radius 3 is 2.50 bits per heavy atom. The molecule has 0 saturated heterocycles. The molecule has 0 bridgehead atoms. The van der Waals surface area contributed by atoms with Gasteiger partial charge in [0.1, 0.15) is 24.7 Å². The molecule has 1 N–H and O–H groups in total. The van der Waals surface area contributed by atoms with Gasteiger partial charge in [0.2, 0.25) is 5.91 Å². The smallest absolute Gasteiger partial charge is 0.265 e. The van der Waals surface area contributed by atoms with Gasteiger partial charge in [0.15, 0.2) is 0 Å². The van der Waals surface area contributed by atoms with E-state index in [0.717, 1.165) is 4.31 Å². The molecule has 3 aromatic carbocycles. The lowest BCUT2D eigenvalue weighted by molar-refractivity contribution is -0.119. The maximum Gasteiger partial charge on any atom is 0.265 e. The van der Waals surface area contributed by atoms with E-state index in [-0.39, 0.29) is 23.7 Å². The molecular formula is C22H19FN2O4S. The summed E-state index contributed by atoms with van der Waals surface area (Å²) in [6.45, 7) is 0.0439. The first-order chi connectivity index (χ1) is 14.5. The fourth-order valence-electron chi connectivity index (χ4n) is 3.34. The number of sulfonamides is 1. The van der Waals surface area contributed by atoms with E-state index in [1.165, 1.54) is 24.3 Å². The lowest BCUT2D eigenvalue weighted by Crippen LogP contribution is -2.43. The fraction of sp³-hybridized carbons (Fsp3) is 0.136. The summed E-state index contributed by atoms with van der Waals surface area (Å²) in [5.74, 6) is -0.284. The Labute approximate surface area is 174 Å². The normalized spacial score (nSPS) is 13.8. The van der Waals surface area contributed by atoms with E-state index in [4.69, 9.17) is 4.74 Å². The van der Waals surface area contributed by atoms with E-state index in [1.54, 1.807) is 30.3 Å². The van der Waals surface area contributed by atoms with E-state index in [2.05, 4.69) is 5.32 Å². The van der Waals surface area contributed by atoms with Crippen molar-refractivity contribution in [3.05, 3.63) is 78.6 Å². The zero-order valence-corrected chi connectivity index (χ0v) is 16.7. The van der Waals surface area contributed by atoms with Gasteiger partial charge in [0, 0.05) is 11.1 Å². The molecule has 3 aromatic rings. The molecule has 30 heavy (non-hydrogen) atoms. The molecule has 0 aliphatic carbocycles. The van der Waals surface area contributed by atoms with Crippen molar-refractivity contribution in [2.75, 3.05) is 24.0 Å². The maximum atomic E-state index is 13.9. The van der Waals surface area contributed by atoms with Crippen LogP contribution >= 0.6 is 0 Å². The van der Waals surface area contributed by atoms with Gasteiger partial charge >= 0.3 is 0 Å². The van der Waals surface area contributed by atoms with Gasteiger partial charge in [-0.25, -0.2) is 12.8 Å². The van der Waals surface area contributed by atoms with Crippen LogP contribution in [0.1, 0.15) is 0 Å². The number of carbonyl (C=O) groups excluding carboxylic acids is 1. The van der Waals surface area contributed by atoms with Crippen molar-refractivity contribution < 1.29 is 22.3 Å². The van der Waals surface area contributed by atoms with Gasteiger partial charge in [-0.15, -0.1) is 0 Å². The minimum absolute atomic E-state index is 0.0447. The Hall–Kier alpha value is -3.39. The molecule has 0 fully saturated rings. The van der Waals surface area contributed by atoms with Crippen molar-refractivity contribution in [3.8, 4) is 16.9 Å². The standard InChI is InChI=1S/C22H19FN2O4S/c23-16-10-11-20-19(14-16)18-8-4-5-9-21(18)30(27,28)25(20)15-22(26)24-12-13-29-17-6-2-1-3-7-17/h1-11,14H,12-13,15H2,(H,24,26). The Bertz CT molecular complexity index is 1180. The van der Waals surface area contributed by atoms with Gasteiger partial charge in [0.25, 0.3) is 10.0 Å². The van der Waals surface area contributed by atoms with Crippen molar-refractivity contribution in [2.24, 2.45) is 0 Å². The van der Waals surface area contributed by atoms with Crippen molar-refractivity contribution in [2.45, 2.75) is 4.90 Å². The predicted octanol–water partition coefficient (Wildman–Crippen LogP) is 3.20. The number of nitrogens with one attached hydrogen (secondary N) is 1. The number of fused-ring (bicyclic) bond motifs is 3. The van der Waals surface area contributed by atoms with Crippen LogP contribution in [0.3, 0.4) is 0 Å². The lowest BCUT2D eigenvalue weighted by Gasteiger charge is -2.31. The Morgan fingerprint density at radius 2 is 1.70 bits per heavy atom. The van der Waals surface area contributed by atoms with Crippen LogP contribution in [0.4, 0.5) is 10.1 Å². The van der Waals surface area contributed by atoms with Crippen molar-refractivity contribution in [1.29, 1.82) is 0 Å². The SMILES string of the molecule is O=C(CN1c2ccc(F)cc2-c2ccccc2S1(=O)=O)NCCOc1ccccc1. The van der Waals surface area contributed by atoms with Crippen LogP contribution in [0.5, 0.6) is 5.75 Å². The highest BCUT2D eigenvalue weighted by atomic mass is 32.2. The number of amides is 1. The number of ether oxygens (including phenoxy) is 1. The summed E-state index contributed by atoms with van der Waals surface area (Å²) in [6, 6.07) is 19.4. The summed E-state index contributed by atoms with van der Waals surface area (Å²) < 4.78 is 46.6. The molecule has 0 spiro atoms. The zero-order chi connectivity index (χ0) is 21.1. The fourth-order valence-corrected chi connectivity index (χ4v) is 4.99. The average molecular weight is 426 g/mol. The Balaban J connectivity index is 1.50. The highest BCUT2D eigenvalue weighted by molar-refractivity contribution is 7.93. The molecule has 0 aromatic heterocycles. The number of hydrogen-bond acceptors (Lipinski definition) is 4. The molecule has 6 nitrogen and oxygen atoms in total. The van der Waals surface area contributed by atoms with Crippen LogP contribution in [0.2, 0.25) is 0 Å². The molecule has 0 radical (unpaired) electrons. The van der Waals surface area contributed by atoms with E-state index < -0.39 is 28.3 Å². The third kappa shape index (κ3) is 3.86. The van der Waals surface area contributed by atoms with E-state index in [0.29, 0.717) is 16.9 Å². The van der Waals surface area contributed by atoms with Crippen molar-refractivity contribution in [1.82, 2.24) is 5.32 Å². The minimum Gasteiger partial charge on any atom is -0.492 e. The largest absolute Gasteiger partial charge is 0.492 e. The molecule has 4 rings (SSSR count). The van der Waals surface area contributed by atoms with Crippen LogP contribution in [0.15, 0.2) is 77.7 Å². The Kier molecular flexibility index (Phi) is 5.41. The van der Waals surface area contributed by atoms with Crippen LogP contribution < -0.4 is 14.4 Å². The summed E-state index contributed by atoms with van der Waals surface area (Å²) in [7, 11) is -3.96. The number of para-hydroxylation sites is 1. The topological polar surface area (TPSA) is 75.7 Å². The molecular weight excluding hydrogens is 407 g/mol. The zero-order valence-electron chi connectivity index (χ0n) is 15.9. The van der Waals surface area contributed by atoms with E-state index in [1.807, 2.05) is 18.2 Å². The molecule has 154 valence electrons. The van der Waals surface area contributed by atoms with E-state index in [9.17, 15) is 17.6 Å². The van der Waals surface area contributed by atoms with Crippen LogP contribution in [0.25, 0.3) is 11.1 Å². The number of benzene rings is 3. The molecule has 8 heteroatoms. The summed E-state index contributed by atoms with van der Waals surface area (Å²) in [4.78, 5) is 12.5. The summed E-state index contributed by atoms with van der Waals surface area (Å²) >= 11 is 0. The predicted molar refractivity (Wildman–Crippen MR) is 111 cm³/mol. The van der Waals surface area contributed by atoms with Gasteiger partial charge in [-0.3, -0.25) is 9.10 Å². The minimum atomic E-state index is -3.96. The number of nitrogens with zero attached hydrogens (tertiary/aromatic N) is 1. The van der Waals surface area contributed by atoms with Crippen LogP contribution in [-0.2, 0) is 14.8 Å². The molecule has 0 unspecified atom stereocenters. The van der Waals surface area contributed by atoms with Crippen molar-refractivity contribution in [3.63, 3.8) is 0 Å². The first-order valence-electron chi connectivity index (χ1n) is 9.33. The van der Waals surface area contributed by atoms with E-state index >= 15 is 0 Å². The monoisotopic (exact) mass is 426 g/mol. The Morgan fingerprint density at radius 1 is 0.967 bits per heavy atom. The number of rotatable bonds is 6. The van der Waals surface area contributed by atoms with Crippen LogP contribution in [0, 0.1) is 5.82 Å². The van der Waals surface area contributed by atoms with Gasteiger partial charge in [0.05, 0.1) is 17.1 Å². The molecule has 0 saturated carbocycles. The number of anilines is 1. The van der Waals surface area contributed by atoms with Gasteiger partial charge in [-0.2, -0.15) is 0 Å². The molecule has 0 atom stereocenters. The van der Waals surface area contributed by atoms with Gasteiger partial charge in [-0.05, 0) is 36.4 Å². The number of hydrogen-bond donors (Lipinski definition) is 1. The van der Waals surface area contributed by atoms with Gasteiger partial charge in [-0.1, -0.05) is 36.4 Å². The third-order valence-electron chi connectivity index (χ3n) is 4.70. The second-order valence-corrected chi connectivity index (χ2v) is 8.51. The summed E-state index contributed by atoms with van der Waals surface area (Å²) in [5, 5.41) is 2.66. The van der Waals surface area contributed by atoms with Gasteiger partial charge < -0.3 is 10.1 Å². The number of carbonyl (C=O) groups is 1. The van der Waals surface area contributed by atoms with Crippen LogP contribution in [-0.4, -0.2) is 34.0 Å². The average Bonchev–Trinajstić information content (AvgIpc) is 2.75. The first-order valence-corrected chi connectivity index (χ1v) is 10.8. The molecule has 1 aliphatic heterocycles. The number of halogens is 1. The summed E-state index contributed by atoms with van der Waals surface area (Å²) in [6.07, 6.45) is 0. The third-order valence-corrected chi connectivity index (χ3v) is 6.51. The second-order valence-electron chi connectivity index (χ2n) is 6.68. The highest BCUT2D eigenvalue weighted by Gasteiger charge is 2.35. The quantitative estimate of drug-likeness (QED) is 0.615. The maximum absolute atomic E-state index is 13.9. The second kappa shape index (κ2) is 8.16. The molecule has 1 heterocycles. The lowest BCUT2D eigenvalue weighted by atomic mass is 10.0. The first kappa shape index (κ1) is 19.9. The highest BCUT2D eigenvalue weighted by Crippen LogP contribution is 2.42. The molecule has 1 aliphatic rings.